The van der Waals surface area contributed by atoms with Gasteiger partial charge < -0.3 is 14.2 Å². The Kier molecular flexibility index (Phi) is 4.09. The number of carbonyl (C=O) groups excluding carboxylic acids is 1. The number of nitrogens with zero attached hydrogens (tertiary/aromatic N) is 3. The van der Waals surface area contributed by atoms with Gasteiger partial charge in [0, 0.05) is 18.9 Å². The van der Waals surface area contributed by atoms with Crippen molar-refractivity contribution in [1.82, 2.24) is 15.0 Å². The Labute approximate surface area is 129 Å². The van der Waals surface area contributed by atoms with Gasteiger partial charge in [-0.3, -0.25) is 9.78 Å². The van der Waals surface area contributed by atoms with Gasteiger partial charge >= 0.3 is 0 Å². The summed E-state index contributed by atoms with van der Waals surface area (Å²) in [6, 6.07) is 3.66. The summed E-state index contributed by atoms with van der Waals surface area (Å²) in [4.78, 5) is 18.5. The maximum absolute atomic E-state index is 12.7. The van der Waals surface area contributed by atoms with E-state index in [1.54, 1.807) is 26.2 Å². The van der Waals surface area contributed by atoms with Crippen molar-refractivity contribution in [2.45, 2.75) is 32.8 Å². The molecule has 1 fully saturated rings. The van der Waals surface area contributed by atoms with Gasteiger partial charge in [0.1, 0.15) is 23.2 Å². The molecule has 6 heteroatoms. The standard InChI is InChI=1S/C16H19N3O3/c1-11-15(12(2)22-18-11)16(20)19-9-3-4-14(10-19)21-13-5-7-17-8-6-13/h5-8,14H,3-4,9-10H2,1-2H3. The zero-order chi connectivity index (χ0) is 15.5. The summed E-state index contributed by atoms with van der Waals surface area (Å²) in [7, 11) is 0. The van der Waals surface area contributed by atoms with Crippen LogP contribution in [0.2, 0.25) is 0 Å². The van der Waals surface area contributed by atoms with E-state index in [1.807, 2.05) is 17.0 Å². The van der Waals surface area contributed by atoms with Crippen molar-refractivity contribution >= 4 is 5.91 Å². The monoisotopic (exact) mass is 301 g/mol. The van der Waals surface area contributed by atoms with Crippen LogP contribution in [0.15, 0.2) is 29.0 Å². The van der Waals surface area contributed by atoms with E-state index in [1.165, 1.54) is 0 Å². The van der Waals surface area contributed by atoms with Crippen LogP contribution in [-0.4, -0.2) is 40.1 Å². The predicted molar refractivity (Wildman–Crippen MR) is 79.8 cm³/mol. The molecule has 1 saturated heterocycles. The molecule has 0 radical (unpaired) electrons. The van der Waals surface area contributed by atoms with Crippen molar-refractivity contribution in [3.05, 3.63) is 41.5 Å². The summed E-state index contributed by atoms with van der Waals surface area (Å²) in [5.41, 5.74) is 1.21. The van der Waals surface area contributed by atoms with Gasteiger partial charge in [0.15, 0.2) is 0 Å². The average Bonchev–Trinajstić information content (AvgIpc) is 2.87. The Balaban J connectivity index is 1.69. The van der Waals surface area contributed by atoms with Gasteiger partial charge in [-0.25, -0.2) is 0 Å². The molecule has 0 saturated carbocycles. The Bertz CT molecular complexity index is 634. The summed E-state index contributed by atoms with van der Waals surface area (Å²) < 4.78 is 11.0. The molecule has 1 amide bonds. The molecule has 3 rings (SSSR count). The van der Waals surface area contributed by atoms with E-state index in [9.17, 15) is 4.79 Å². The molecule has 1 unspecified atom stereocenters. The molecule has 0 aromatic carbocycles. The predicted octanol–water partition coefficient (Wildman–Crippen LogP) is 2.37. The SMILES string of the molecule is Cc1noc(C)c1C(=O)N1CCCC(Oc2ccncc2)C1. The van der Waals surface area contributed by atoms with Gasteiger partial charge in [0.05, 0.1) is 12.2 Å². The van der Waals surface area contributed by atoms with Crippen molar-refractivity contribution in [1.29, 1.82) is 0 Å². The van der Waals surface area contributed by atoms with Crippen LogP contribution in [-0.2, 0) is 0 Å². The fourth-order valence-corrected chi connectivity index (χ4v) is 2.77. The van der Waals surface area contributed by atoms with Crippen molar-refractivity contribution in [3.8, 4) is 5.75 Å². The Morgan fingerprint density at radius 3 is 2.82 bits per heavy atom. The largest absolute Gasteiger partial charge is 0.488 e. The average molecular weight is 301 g/mol. The van der Waals surface area contributed by atoms with E-state index in [2.05, 4.69) is 10.1 Å². The van der Waals surface area contributed by atoms with E-state index in [0.717, 1.165) is 25.1 Å². The molecule has 0 aliphatic carbocycles. The molecule has 1 atom stereocenters. The summed E-state index contributed by atoms with van der Waals surface area (Å²) in [5, 5.41) is 3.86. The fourth-order valence-electron chi connectivity index (χ4n) is 2.77. The quantitative estimate of drug-likeness (QED) is 0.870. The second-order valence-electron chi connectivity index (χ2n) is 5.52. The number of pyridine rings is 1. The molecular formula is C16H19N3O3. The first kappa shape index (κ1) is 14.6. The zero-order valence-electron chi connectivity index (χ0n) is 12.8. The van der Waals surface area contributed by atoms with Crippen molar-refractivity contribution in [2.75, 3.05) is 13.1 Å². The van der Waals surface area contributed by atoms with E-state index in [0.29, 0.717) is 23.6 Å². The summed E-state index contributed by atoms with van der Waals surface area (Å²) in [5.74, 6) is 1.32. The molecular weight excluding hydrogens is 282 g/mol. The van der Waals surface area contributed by atoms with Gasteiger partial charge in [-0.2, -0.15) is 0 Å². The first-order valence-corrected chi connectivity index (χ1v) is 7.44. The highest BCUT2D eigenvalue weighted by Crippen LogP contribution is 2.21. The van der Waals surface area contributed by atoms with Crippen LogP contribution < -0.4 is 4.74 Å². The van der Waals surface area contributed by atoms with E-state index in [4.69, 9.17) is 9.26 Å². The van der Waals surface area contributed by atoms with E-state index in [-0.39, 0.29) is 12.0 Å². The van der Waals surface area contributed by atoms with Crippen LogP contribution in [0.4, 0.5) is 0 Å². The topological polar surface area (TPSA) is 68.5 Å². The number of carbonyl (C=O) groups is 1. The summed E-state index contributed by atoms with van der Waals surface area (Å²) >= 11 is 0. The van der Waals surface area contributed by atoms with Crippen molar-refractivity contribution in [3.63, 3.8) is 0 Å². The molecule has 22 heavy (non-hydrogen) atoms. The Morgan fingerprint density at radius 2 is 2.14 bits per heavy atom. The first-order chi connectivity index (χ1) is 10.6. The second kappa shape index (κ2) is 6.17. The molecule has 1 aliphatic rings. The minimum absolute atomic E-state index is 0.000530. The lowest BCUT2D eigenvalue weighted by Gasteiger charge is -2.32. The maximum atomic E-state index is 12.7. The third kappa shape index (κ3) is 2.95. The van der Waals surface area contributed by atoms with E-state index < -0.39 is 0 Å². The van der Waals surface area contributed by atoms with Crippen LogP contribution in [0.3, 0.4) is 0 Å². The summed E-state index contributed by atoms with van der Waals surface area (Å²) in [6.45, 7) is 4.87. The lowest BCUT2D eigenvalue weighted by molar-refractivity contribution is 0.0535. The summed E-state index contributed by atoms with van der Waals surface area (Å²) in [6.07, 6.45) is 5.26. The van der Waals surface area contributed by atoms with Crippen LogP contribution in [0.1, 0.15) is 34.7 Å². The zero-order valence-corrected chi connectivity index (χ0v) is 12.8. The number of piperidine rings is 1. The first-order valence-electron chi connectivity index (χ1n) is 7.44. The molecule has 0 spiro atoms. The smallest absolute Gasteiger partial charge is 0.259 e. The minimum Gasteiger partial charge on any atom is -0.488 e. The molecule has 1 aliphatic heterocycles. The second-order valence-corrected chi connectivity index (χ2v) is 5.52. The highest BCUT2D eigenvalue weighted by atomic mass is 16.5. The van der Waals surface area contributed by atoms with Gasteiger partial charge in [0.25, 0.3) is 5.91 Å². The van der Waals surface area contributed by atoms with E-state index >= 15 is 0 Å². The van der Waals surface area contributed by atoms with Crippen molar-refractivity contribution in [2.24, 2.45) is 0 Å². The molecule has 3 heterocycles. The number of aromatic nitrogens is 2. The fraction of sp³-hybridized carbons (Fsp3) is 0.438. The highest BCUT2D eigenvalue weighted by molar-refractivity contribution is 5.96. The van der Waals surface area contributed by atoms with Crippen LogP contribution in [0.25, 0.3) is 0 Å². The third-order valence-corrected chi connectivity index (χ3v) is 3.87. The van der Waals surface area contributed by atoms with Crippen LogP contribution >= 0.6 is 0 Å². The van der Waals surface area contributed by atoms with Gasteiger partial charge in [-0.05, 0) is 38.8 Å². The van der Waals surface area contributed by atoms with Gasteiger partial charge in [-0.1, -0.05) is 5.16 Å². The molecule has 0 bridgehead atoms. The van der Waals surface area contributed by atoms with Crippen molar-refractivity contribution < 1.29 is 14.1 Å². The number of hydrogen-bond donors (Lipinski definition) is 0. The lowest BCUT2D eigenvalue weighted by Crippen LogP contribution is -2.44. The number of likely N-dealkylation sites (tertiary alicyclic amines) is 1. The molecule has 6 nitrogen and oxygen atoms in total. The number of aryl methyl sites for hydroxylation is 2. The molecule has 2 aromatic heterocycles. The highest BCUT2D eigenvalue weighted by Gasteiger charge is 2.29. The minimum atomic E-state index is -0.0284. The Morgan fingerprint density at radius 1 is 1.36 bits per heavy atom. The molecule has 116 valence electrons. The van der Waals surface area contributed by atoms with Crippen LogP contribution in [0.5, 0.6) is 5.75 Å². The maximum Gasteiger partial charge on any atom is 0.259 e. The number of hydrogen-bond acceptors (Lipinski definition) is 5. The van der Waals surface area contributed by atoms with Gasteiger partial charge in [-0.15, -0.1) is 0 Å². The number of amides is 1. The lowest BCUT2D eigenvalue weighted by atomic mass is 10.1. The number of rotatable bonds is 3. The third-order valence-electron chi connectivity index (χ3n) is 3.87. The van der Waals surface area contributed by atoms with Gasteiger partial charge in [0.2, 0.25) is 0 Å². The Hall–Kier alpha value is -2.37. The molecule has 2 aromatic rings. The number of ether oxygens (including phenoxy) is 1. The molecule has 0 N–H and O–H groups in total. The normalized spacial score (nSPS) is 18.3. The van der Waals surface area contributed by atoms with Crippen LogP contribution in [0, 0.1) is 13.8 Å².